The number of pyridine rings is 1. The predicted molar refractivity (Wildman–Crippen MR) is 84.0 cm³/mol. The number of halogens is 1. The van der Waals surface area contributed by atoms with Crippen molar-refractivity contribution in [1.82, 2.24) is 4.98 Å². The third-order valence-electron chi connectivity index (χ3n) is 3.70. The average Bonchev–Trinajstić information content (AvgIpc) is 2.45. The van der Waals surface area contributed by atoms with E-state index in [1.807, 2.05) is 31.2 Å². The summed E-state index contributed by atoms with van der Waals surface area (Å²) >= 11 is 3.51. The van der Waals surface area contributed by atoms with Crippen molar-refractivity contribution in [3.8, 4) is 0 Å². The molecule has 4 nitrogen and oxygen atoms in total. The van der Waals surface area contributed by atoms with Gasteiger partial charge in [0.15, 0.2) is 0 Å². The Morgan fingerprint density at radius 2 is 2.15 bits per heavy atom. The number of hydrogen-bond donors (Lipinski definition) is 2. The number of nitrogens with one attached hydrogen (secondary N) is 1. The molecule has 0 aliphatic rings. The van der Waals surface area contributed by atoms with E-state index in [9.17, 15) is 9.90 Å². The van der Waals surface area contributed by atoms with Gasteiger partial charge in [0.2, 0.25) is 0 Å². The second-order valence-corrected chi connectivity index (χ2v) is 5.92. The zero-order valence-corrected chi connectivity index (χ0v) is 13.1. The highest BCUT2D eigenvalue weighted by molar-refractivity contribution is 9.10. The Balaban J connectivity index is 2.31. The number of rotatable bonds is 5. The molecule has 5 heteroatoms. The Hall–Kier alpha value is -1.62. The van der Waals surface area contributed by atoms with Crippen LogP contribution in [0.5, 0.6) is 0 Å². The Labute approximate surface area is 126 Å². The predicted octanol–water partition coefficient (Wildman–Crippen LogP) is 3.91. The number of fused-ring (bicyclic) bond motifs is 1. The van der Waals surface area contributed by atoms with E-state index in [1.54, 1.807) is 13.1 Å². The number of anilines is 1. The van der Waals surface area contributed by atoms with Crippen molar-refractivity contribution in [1.29, 1.82) is 0 Å². The number of aromatic nitrogens is 1. The Bertz CT molecular complexity index is 645. The summed E-state index contributed by atoms with van der Waals surface area (Å²) in [7, 11) is 0. The van der Waals surface area contributed by atoms with Crippen LogP contribution in [-0.4, -0.2) is 22.6 Å². The van der Waals surface area contributed by atoms with Crippen LogP contribution in [0.15, 0.2) is 34.9 Å². The maximum atomic E-state index is 11.3. The second-order valence-electron chi connectivity index (χ2n) is 5.07. The number of carbonyl (C=O) groups is 1. The molecule has 0 aliphatic carbocycles. The number of hydrogen-bond acceptors (Lipinski definition) is 3. The molecule has 1 aromatic heterocycles. The fraction of sp³-hybridized carbons (Fsp3) is 0.333. The highest BCUT2D eigenvalue weighted by Gasteiger charge is 2.31. The monoisotopic (exact) mass is 336 g/mol. The van der Waals surface area contributed by atoms with Crippen molar-refractivity contribution in [2.45, 2.75) is 20.3 Å². The molecular formula is C15H17BrN2O2. The molecule has 0 saturated heterocycles. The molecular weight excluding hydrogens is 320 g/mol. The van der Waals surface area contributed by atoms with Gasteiger partial charge < -0.3 is 10.4 Å². The summed E-state index contributed by atoms with van der Waals surface area (Å²) in [6, 6.07) is 7.81. The molecule has 106 valence electrons. The quantitative estimate of drug-likeness (QED) is 0.868. The summed E-state index contributed by atoms with van der Waals surface area (Å²) in [5.74, 6) is -0.0846. The molecule has 0 fully saturated rings. The Morgan fingerprint density at radius 1 is 1.40 bits per heavy atom. The van der Waals surface area contributed by atoms with Gasteiger partial charge in [0.1, 0.15) is 5.82 Å². The fourth-order valence-corrected chi connectivity index (χ4v) is 2.44. The van der Waals surface area contributed by atoms with Crippen LogP contribution < -0.4 is 5.32 Å². The van der Waals surface area contributed by atoms with E-state index in [2.05, 4.69) is 26.2 Å². The first-order valence-electron chi connectivity index (χ1n) is 6.48. The van der Waals surface area contributed by atoms with Gasteiger partial charge in [0.25, 0.3) is 0 Å². The molecule has 2 rings (SSSR count). The lowest BCUT2D eigenvalue weighted by atomic mass is 9.88. The maximum absolute atomic E-state index is 11.3. The number of benzene rings is 1. The average molecular weight is 337 g/mol. The maximum Gasteiger partial charge on any atom is 0.311 e. The molecule has 0 spiro atoms. The van der Waals surface area contributed by atoms with Gasteiger partial charge >= 0.3 is 5.97 Å². The van der Waals surface area contributed by atoms with Gasteiger partial charge in [-0.3, -0.25) is 4.79 Å². The first-order valence-corrected chi connectivity index (χ1v) is 7.28. The lowest BCUT2D eigenvalue weighted by Crippen LogP contribution is -2.34. The summed E-state index contributed by atoms with van der Waals surface area (Å²) in [4.78, 5) is 15.6. The van der Waals surface area contributed by atoms with Crippen LogP contribution in [0.3, 0.4) is 0 Å². The molecule has 0 bridgehead atoms. The van der Waals surface area contributed by atoms with Gasteiger partial charge in [0.05, 0.1) is 5.41 Å². The van der Waals surface area contributed by atoms with Crippen molar-refractivity contribution < 1.29 is 9.90 Å². The normalized spacial score (nSPS) is 13.9. The third kappa shape index (κ3) is 2.77. The molecule has 20 heavy (non-hydrogen) atoms. The molecule has 2 aromatic rings. The summed E-state index contributed by atoms with van der Waals surface area (Å²) in [5, 5.41) is 14.5. The molecule has 0 radical (unpaired) electrons. The van der Waals surface area contributed by atoms with Crippen LogP contribution in [-0.2, 0) is 4.79 Å². The second kappa shape index (κ2) is 5.79. The number of carboxylic acids is 1. The highest BCUT2D eigenvalue weighted by atomic mass is 79.9. The SMILES string of the molecule is CCC(C)(CNc1nccc2c(Br)cccc12)C(=O)O. The number of nitrogens with zero attached hydrogens (tertiary/aromatic N) is 1. The largest absolute Gasteiger partial charge is 0.481 e. The minimum Gasteiger partial charge on any atom is -0.481 e. The van der Waals surface area contributed by atoms with E-state index < -0.39 is 11.4 Å². The summed E-state index contributed by atoms with van der Waals surface area (Å²) in [6.45, 7) is 3.96. The van der Waals surface area contributed by atoms with Gasteiger partial charge in [0, 0.05) is 28.0 Å². The first kappa shape index (κ1) is 14.8. The lowest BCUT2D eigenvalue weighted by molar-refractivity contribution is -0.147. The summed E-state index contributed by atoms with van der Waals surface area (Å²) in [6.07, 6.45) is 2.28. The van der Waals surface area contributed by atoms with Crippen LogP contribution in [0.1, 0.15) is 20.3 Å². The zero-order chi connectivity index (χ0) is 14.8. The molecule has 0 saturated carbocycles. The van der Waals surface area contributed by atoms with E-state index in [1.165, 1.54) is 0 Å². The third-order valence-corrected chi connectivity index (χ3v) is 4.39. The van der Waals surface area contributed by atoms with E-state index in [-0.39, 0.29) is 0 Å². The van der Waals surface area contributed by atoms with Crippen molar-refractivity contribution in [2.24, 2.45) is 5.41 Å². The molecule has 1 atom stereocenters. The minimum absolute atomic E-state index is 0.345. The van der Waals surface area contributed by atoms with Gasteiger partial charge in [-0.15, -0.1) is 0 Å². The molecule has 1 aromatic carbocycles. The number of carboxylic acid groups (broad SMARTS) is 1. The highest BCUT2D eigenvalue weighted by Crippen LogP contribution is 2.29. The van der Waals surface area contributed by atoms with E-state index in [0.717, 1.165) is 15.2 Å². The molecule has 1 unspecified atom stereocenters. The standard InChI is InChI=1S/C15H17BrN2O2/c1-3-15(2,14(19)20)9-18-13-11-5-4-6-12(16)10(11)7-8-17-13/h4-8H,3,9H2,1-2H3,(H,17,18)(H,19,20). The molecule has 0 aliphatic heterocycles. The van der Waals surface area contributed by atoms with Gasteiger partial charge in [-0.05, 0) is 25.5 Å². The van der Waals surface area contributed by atoms with Crippen molar-refractivity contribution in [3.63, 3.8) is 0 Å². The van der Waals surface area contributed by atoms with E-state index in [0.29, 0.717) is 18.8 Å². The molecule has 1 heterocycles. The molecule has 0 amide bonds. The zero-order valence-electron chi connectivity index (χ0n) is 11.5. The first-order chi connectivity index (χ1) is 9.48. The van der Waals surface area contributed by atoms with Gasteiger partial charge in [-0.1, -0.05) is 35.0 Å². The van der Waals surface area contributed by atoms with Gasteiger partial charge in [-0.25, -0.2) is 4.98 Å². The van der Waals surface area contributed by atoms with Crippen LogP contribution >= 0.6 is 15.9 Å². The van der Waals surface area contributed by atoms with Crippen LogP contribution in [0, 0.1) is 5.41 Å². The van der Waals surface area contributed by atoms with Crippen molar-refractivity contribution in [3.05, 3.63) is 34.9 Å². The van der Waals surface area contributed by atoms with Crippen LogP contribution in [0.25, 0.3) is 10.8 Å². The smallest absolute Gasteiger partial charge is 0.311 e. The Kier molecular flexibility index (Phi) is 4.28. The van der Waals surface area contributed by atoms with Crippen molar-refractivity contribution >= 4 is 38.5 Å². The molecule has 2 N–H and O–H groups in total. The minimum atomic E-state index is -0.797. The fourth-order valence-electron chi connectivity index (χ4n) is 1.94. The summed E-state index contributed by atoms with van der Waals surface area (Å²) in [5.41, 5.74) is -0.796. The van der Waals surface area contributed by atoms with E-state index >= 15 is 0 Å². The van der Waals surface area contributed by atoms with Crippen molar-refractivity contribution in [2.75, 3.05) is 11.9 Å². The number of aliphatic carboxylic acids is 1. The topological polar surface area (TPSA) is 62.2 Å². The lowest BCUT2D eigenvalue weighted by Gasteiger charge is -2.24. The summed E-state index contributed by atoms with van der Waals surface area (Å²) < 4.78 is 0.997. The van der Waals surface area contributed by atoms with E-state index in [4.69, 9.17) is 0 Å². The van der Waals surface area contributed by atoms with Crippen LogP contribution in [0.2, 0.25) is 0 Å². The van der Waals surface area contributed by atoms with Crippen LogP contribution in [0.4, 0.5) is 5.82 Å². The van der Waals surface area contributed by atoms with Gasteiger partial charge in [-0.2, -0.15) is 0 Å². The Morgan fingerprint density at radius 3 is 2.80 bits per heavy atom.